The number of aryl methyl sites for hydroxylation is 1. The van der Waals surface area contributed by atoms with Crippen molar-refractivity contribution in [3.63, 3.8) is 0 Å². The number of hydrogen-bond donors (Lipinski definition) is 2. The monoisotopic (exact) mass is 317 g/mol. The van der Waals surface area contributed by atoms with Gasteiger partial charge in [0.1, 0.15) is 0 Å². The summed E-state index contributed by atoms with van der Waals surface area (Å²) < 4.78 is 41.7. The van der Waals surface area contributed by atoms with Gasteiger partial charge in [0, 0.05) is 0 Å². The molecule has 0 saturated carbocycles. The van der Waals surface area contributed by atoms with E-state index in [1.807, 2.05) is 26.0 Å². The third-order valence-electron chi connectivity index (χ3n) is 2.37. The minimum Gasteiger partial charge on any atom is -0.450 e. The van der Waals surface area contributed by atoms with Crippen molar-refractivity contribution in [1.29, 1.82) is 0 Å². The zero-order chi connectivity index (χ0) is 16.0. The quantitative estimate of drug-likeness (QED) is 0.815. The average Bonchev–Trinajstić information content (AvgIpc) is 2.36. The van der Waals surface area contributed by atoms with Crippen LogP contribution in [0, 0.1) is 0 Å². The number of hydrogen-bond acceptors (Lipinski definition) is 6. The fraction of sp³-hybridized carbons (Fsp3) is 0.333. The number of fused-ring (bicyclic) bond motifs is 1. The number of ether oxygens (including phenoxy) is 1. The predicted molar refractivity (Wildman–Crippen MR) is 75.0 cm³/mol. The van der Waals surface area contributed by atoms with Crippen LogP contribution in [0.15, 0.2) is 27.4 Å². The molecule has 8 nitrogen and oxygen atoms in total. The van der Waals surface area contributed by atoms with E-state index < -0.39 is 10.4 Å². The Morgan fingerprint density at radius 2 is 1.90 bits per heavy atom. The largest absolute Gasteiger partial charge is 0.450 e. The Morgan fingerprint density at radius 3 is 2.43 bits per heavy atom. The number of aromatic nitrogens is 1. The first-order valence-electron chi connectivity index (χ1n) is 6.01. The third kappa shape index (κ3) is 5.50. The summed E-state index contributed by atoms with van der Waals surface area (Å²) in [5, 5.41) is 0.549. The van der Waals surface area contributed by atoms with E-state index in [1.165, 1.54) is 0 Å². The number of rotatable bonds is 3. The van der Waals surface area contributed by atoms with Gasteiger partial charge >= 0.3 is 22.1 Å². The van der Waals surface area contributed by atoms with Crippen molar-refractivity contribution in [2.75, 3.05) is 6.61 Å². The van der Waals surface area contributed by atoms with E-state index in [1.54, 1.807) is 6.07 Å². The Labute approximate surface area is 121 Å². The lowest BCUT2D eigenvalue weighted by molar-refractivity contribution is 0.229. The smallest absolute Gasteiger partial charge is 0.397 e. The van der Waals surface area contributed by atoms with Gasteiger partial charge in [0.15, 0.2) is 0 Å². The van der Waals surface area contributed by atoms with E-state index in [0.717, 1.165) is 12.0 Å². The molecule has 0 spiro atoms. The first-order valence-corrected chi connectivity index (χ1v) is 7.41. The Hall–Kier alpha value is -1.97. The Bertz CT molecular complexity index is 759. The van der Waals surface area contributed by atoms with Crippen LogP contribution in [0.1, 0.15) is 19.4 Å². The van der Waals surface area contributed by atoms with Gasteiger partial charge in [0.2, 0.25) is 0 Å². The zero-order valence-corrected chi connectivity index (χ0v) is 12.3. The summed E-state index contributed by atoms with van der Waals surface area (Å²) in [6.07, 6.45) is 0.811. The molecule has 2 rings (SSSR count). The summed E-state index contributed by atoms with van der Waals surface area (Å²) in [6.45, 7) is 4.23. The molecule has 1 aromatic heterocycles. The zero-order valence-electron chi connectivity index (χ0n) is 11.4. The summed E-state index contributed by atoms with van der Waals surface area (Å²) >= 11 is 0. The van der Waals surface area contributed by atoms with Crippen molar-refractivity contribution in [3.05, 3.63) is 34.2 Å². The fourth-order valence-corrected chi connectivity index (χ4v) is 1.65. The Kier molecular flexibility index (Phi) is 5.82. The minimum absolute atomic E-state index is 0.0354. The van der Waals surface area contributed by atoms with E-state index in [-0.39, 0.29) is 11.7 Å². The van der Waals surface area contributed by atoms with Gasteiger partial charge in [-0.25, -0.2) is 4.79 Å². The summed E-state index contributed by atoms with van der Waals surface area (Å²) in [5.74, 6) is 0. The molecule has 0 aliphatic heterocycles. The molecule has 0 radical (unpaired) electrons. The van der Waals surface area contributed by atoms with Crippen molar-refractivity contribution in [2.45, 2.75) is 20.3 Å². The molecular weight excluding hydrogens is 302 g/mol. The van der Waals surface area contributed by atoms with Gasteiger partial charge in [-0.3, -0.25) is 9.11 Å². The molecule has 2 aromatic rings. The van der Waals surface area contributed by atoms with Crippen molar-refractivity contribution in [1.82, 2.24) is 4.98 Å². The Balaban J connectivity index is 0.000000383. The van der Waals surface area contributed by atoms with Crippen molar-refractivity contribution >= 4 is 21.3 Å². The fourth-order valence-electron chi connectivity index (χ4n) is 1.65. The summed E-state index contributed by atoms with van der Waals surface area (Å²) in [7, 11) is -4.67. The molecule has 0 atom stereocenters. The van der Waals surface area contributed by atoms with Crippen molar-refractivity contribution < 1.29 is 26.7 Å². The molecular formula is C12H15NO7S. The predicted octanol–water partition coefficient (Wildman–Crippen LogP) is 1.50. The van der Waals surface area contributed by atoms with Gasteiger partial charge in [-0.2, -0.15) is 13.4 Å². The number of nitrogens with zero attached hydrogens (tertiary/aromatic N) is 1. The van der Waals surface area contributed by atoms with Gasteiger partial charge < -0.3 is 9.15 Å². The summed E-state index contributed by atoms with van der Waals surface area (Å²) in [5.41, 5.74) is 1.19. The lowest BCUT2D eigenvalue weighted by atomic mass is 10.1. The Morgan fingerprint density at radius 1 is 1.29 bits per heavy atom. The lowest BCUT2D eigenvalue weighted by Gasteiger charge is -2.04. The average molecular weight is 317 g/mol. The molecule has 0 saturated heterocycles. The van der Waals surface area contributed by atoms with Gasteiger partial charge in [-0.05, 0) is 25.0 Å². The van der Waals surface area contributed by atoms with Crippen LogP contribution in [0.5, 0.6) is 6.08 Å². The van der Waals surface area contributed by atoms with E-state index >= 15 is 0 Å². The molecule has 0 amide bonds. The van der Waals surface area contributed by atoms with Gasteiger partial charge in [-0.1, -0.05) is 19.1 Å². The van der Waals surface area contributed by atoms with E-state index in [9.17, 15) is 4.79 Å². The SMILES string of the molecule is CCOc1nc2cccc(CC)c2c(=O)o1.O=S(=O)(O)O. The molecule has 9 heteroatoms. The van der Waals surface area contributed by atoms with Crippen LogP contribution in [0.4, 0.5) is 0 Å². The summed E-state index contributed by atoms with van der Waals surface area (Å²) in [6, 6.07) is 5.57. The van der Waals surface area contributed by atoms with E-state index in [0.29, 0.717) is 17.5 Å². The topological polar surface area (TPSA) is 127 Å². The highest BCUT2D eigenvalue weighted by molar-refractivity contribution is 7.79. The molecule has 2 N–H and O–H groups in total. The molecule has 0 fully saturated rings. The first kappa shape index (κ1) is 17.1. The molecule has 0 bridgehead atoms. The maximum atomic E-state index is 11.8. The van der Waals surface area contributed by atoms with Crippen LogP contribution in [-0.2, 0) is 16.8 Å². The maximum absolute atomic E-state index is 11.8. The van der Waals surface area contributed by atoms with E-state index in [2.05, 4.69) is 4.98 Å². The van der Waals surface area contributed by atoms with Gasteiger partial charge in [0.05, 0.1) is 17.5 Å². The molecule has 21 heavy (non-hydrogen) atoms. The summed E-state index contributed by atoms with van der Waals surface area (Å²) in [4.78, 5) is 15.9. The highest BCUT2D eigenvalue weighted by Crippen LogP contribution is 2.16. The highest BCUT2D eigenvalue weighted by Gasteiger charge is 2.09. The molecule has 0 aliphatic carbocycles. The van der Waals surface area contributed by atoms with Crippen molar-refractivity contribution in [2.24, 2.45) is 0 Å². The standard InChI is InChI=1S/C12H13NO3.H2O4S/c1-3-8-6-5-7-9-10(8)11(14)16-12(13-9)15-4-2;1-5(2,3)4/h5-7H,3-4H2,1-2H3;(H2,1,2,3,4). The third-order valence-corrected chi connectivity index (χ3v) is 2.37. The lowest BCUT2D eigenvalue weighted by Crippen LogP contribution is -2.07. The van der Waals surface area contributed by atoms with Gasteiger partial charge in [0.25, 0.3) is 0 Å². The second-order valence-electron chi connectivity index (χ2n) is 3.81. The second-order valence-corrected chi connectivity index (χ2v) is 4.71. The molecule has 1 aromatic carbocycles. The van der Waals surface area contributed by atoms with Crippen LogP contribution < -0.4 is 10.4 Å². The van der Waals surface area contributed by atoms with Crippen LogP contribution in [0.2, 0.25) is 0 Å². The van der Waals surface area contributed by atoms with Crippen LogP contribution in [0.3, 0.4) is 0 Å². The second kappa shape index (κ2) is 7.16. The normalized spacial score (nSPS) is 10.9. The molecule has 0 unspecified atom stereocenters. The molecule has 116 valence electrons. The van der Waals surface area contributed by atoms with Crippen LogP contribution in [-0.4, -0.2) is 29.1 Å². The molecule has 1 heterocycles. The first-order chi connectivity index (χ1) is 9.76. The van der Waals surface area contributed by atoms with Gasteiger partial charge in [-0.15, -0.1) is 0 Å². The van der Waals surface area contributed by atoms with E-state index in [4.69, 9.17) is 26.7 Å². The highest BCUT2D eigenvalue weighted by atomic mass is 32.3. The number of benzene rings is 1. The minimum atomic E-state index is -4.67. The van der Waals surface area contributed by atoms with Crippen LogP contribution in [0.25, 0.3) is 10.9 Å². The van der Waals surface area contributed by atoms with Crippen LogP contribution >= 0.6 is 0 Å². The maximum Gasteiger partial charge on any atom is 0.397 e. The molecule has 0 aliphatic rings. The van der Waals surface area contributed by atoms with Crippen molar-refractivity contribution in [3.8, 4) is 6.08 Å².